The molecule has 0 saturated heterocycles. The number of rotatable bonds is 7. The Bertz CT molecular complexity index is 584. The SMILES string of the molecule is C=CC(=O)OCCCCOc1cccc2ccccc12. The Morgan fingerprint density at radius 3 is 2.65 bits per heavy atom. The van der Waals surface area contributed by atoms with Crippen molar-refractivity contribution < 1.29 is 14.3 Å². The molecule has 20 heavy (non-hydrogen) atoms. The van der Waals surface area contributed by atoms with Crippen LogP contribution >= 0.6 is 0 Å². The summed E-state index contributed by atoms with van der Waals surface area (Å²) in [7, 11) is 0. The summed E-state index contributed by atoms with van der Waals surface area (Å²) in [4.78, 5) is 10.8. The van der Waals surface area contributed by atoms with E-state index in [1.54, 1.807) is 0 Å². The van der Waals surface area contributed by atoms with Crippen molar-refractivity contribution >= 4 is 16.7 Å². The van der Waals surface area contributed by atoms with E-state index in [4.69, 9.17) is 9.47 Å². The number of benzene rings is 2. The second-order valence-corrected chi connectivity index (χ2v) is 4.40. The van der Waals surface area contributed by atoms with Crippen LogP contribution in [0.25, 0.3) is 10.8 Å². The number of unbranched alkanes of at least 4 members (excludes halogenated alkanes) is 1. The van der Waals surface area contributed by atoms with Crippen molar-refractivity contribution in [2.24, 2.45) is 0 Å². The molecule has 2 aromatic carbocycles. The highest BCUT2D eigenvalue weighted by Gasteiger charge is 2.01. The Labute approximate surface area is 118 Å². The number of carbonyl (C=O) groups is 1. The summed E-state index contributed by atoms with van der Waals surface area (Å²) in [6, 6.07) is 14.2. The largest absolute Gasteiger partial charge is 0.493 e. The molecule has 0 aliphatic carbocycles. The van der Waals surface area contributed by atoms with E-state index in [0.717, 1.165) is 24.0 Å². The van der Waals surface area contributed by atoms with Gasteiger partial charge in [0.2, 0.25) is 0 Å². The number of fused-ring (bicyclic) bond motifs is 1. The first-order valence-electron chi connectivity index (χ1n) is 6.71. The maximum atomic E-state index is 10.8. The van der Waals surface area contributed by atoms with E-state index < -0.39 is 0 Å². The number of hydrogen-bond donors (Lipinski definition) is 0. The van der Waals surface area contributed by atoms with E-state index in [-0.39, 0.29) is 5.97 Å². The minimum absolute atomic E-state index is 0.375. The van der Waals surface area contributed by atoms with E-state index in [0.29, 0.717) is 13.2 Å². The molecule has 2 aromatic rings. The number of ether oxygens (including phenoxy) is 2. The van der Waals surface area contributed by atoms with Crippen LogP contribution in [-0.4, -0.2) is 19.2 Å². The molecule has 0 aromatic heterocycles. The molecule has 3 nitrogen and oxygen atoms in total. The van der Waals surface area contributed by atoms with Gasteiger partial charge in [0.1, 0.15) is 5.75 Å². The molecule has 0 aliphatic heterocycles. The van der Waals surface area contributed by atoms with Gasteiger partial charge in [-0.15, -0.1) is 0 Å². The minimum Gasteiger partial charge on any atom is -0.493 e. The molecule has 0 spiro atoms. The summed E-state index contributed by atoms with van der Waals surface area (Å²) >= 11 is 0. The maximum absolute atomic E-state index is 10.8. The monoisotopic (exact) mass is 270 g/mol. The van der Waals surface area contributed by atoms with Crippen LogP contribution in [0, 0.1) is 0 Å². The van der Waals surface area contributed by atoms with Gasteiger partial charge in [-0.05, 0) is 24.3 Å². The first-order chi connectivity index (χ1) is 9.81. The molecule has 0 heterocycles. The Hall–Kier alpha value is -2.29. The summed E-state index contributed by atoms with van der Waals surface area (Å²) in [5.41, 5.74) is 0. The topological polar surface area (TPSA) is 35.5 Å². The third-order valence-electron chi connectivity index (χ3n) is 2.96. The van der Waals surface area contributed by atoms with Crippen molar-refractivity contribution in [3.8, 4) is 5.75 Å². The van der Waals surface area contributed by atoms with Crippen molar-refractivity contribution in [1.29, 1.82) is 0 Å². The predicted molar refractivity (Wildman–Crippen MR) is 79.8 cm³/mol. The smallest absolute Gasteiger partial charge is 0.330 e. The van der Waals surface area contributed by atoms with Crippen molar-refractivity contribution in [3.05, 3.63) is 55.1 Å². The van der Waals surface area contributed by atoms with Gasteiger partial charge in [0.25, 0.3) is 0 Å². The predicted octanol–water partition coefficient (Wildman–Crippen LogP) is 3.73. The number of esters is 1. The van der Waals surface area contributed by atoms with E-state index in [1.165, 1.54) is 11.5 Å². The fourth-order valence-corrected chi connectivity index (χ4v) is 1.94. The normalized spacial score (nSPS) is 10.2. The average molecular weight is 270 g/mol. The highest BCUT2D eigenvalue weighted by atomic mass is 16.5. The van der Waals surface area contributed by atoms with Gasteiger partial charge in [-0.1, -0.05) is 43.0 Å². The molecule has 0 atom stereocenters. The van der Waals surface area contributed by atoms with Crippen molar-refractivity contribution in [1.82, 2.24) is 0 Å². The van der Waals surface area contributed by atoms with Gasteiger partial charge in [0.05, 0.1) is 13.2 Å². The molecule has 2 rings (SSSR count). The molecule has 0 aliphatic rings. The first-order valence-corrected chi connectivity index (χ1v) is 6.71. The van der Waals surface area contributed by atoms with Gasteiger partial charge in [0.15, 0.2) is 0 Å². The van der Waals surface area contributed by atoms with Crippen LogP contribution in [0.5, 0.6) is 5.75 Å². The number of hydrogen-bond acceptors (Lipinski definition) is 3. The highest BCUT2D eigenvalue weighted by Crippen LogP contribution is 2.25. The van der Waals surface area contributed by atoms with E-state index in [9.17, 15) is 4.79 Å². The Morgan fingerprint density at radius 2 is 1.80 bits per heavy atom. The van der Waals surface area contributed by atoms with E-state index in [1.807, 2.05) is 24.3 Å². The molecule has 3 heteroatoms. The maximum Gasteiger partial charge on any atom is 0.330 e. The first kappa shape index (κ1) is 14.1. The molecule has 0 unspecified atom stereocenters. The fourth-order valence-electron chi connectivity index (χ4n) is 1.94. The molecule has 0 bridgehead atoms. The molecule has 0 N–H and O–H groups in total. The molecule has 0 radical (unpaired) electrons. The molecule has 0 saturated carbocycles. The molecular weight excluding hydrogens is 252 g/mol. The Balaban J connectivity index is 1.79. The lowest BCUT2D eigenvalue weighted by atomic mass is 10.1. The zero-order valence-electron chi connectivity index (χ0n) is 11.4. The van der Waals surface area contributed by atoms with Crippen LogP contribution in [-0.2, 0) is 9.53 Å². The summed E-state index contributed by atoms with van der Waals surface area (Å²) < 4.78 is 10.7. The van der Waals surface area contributed by atoms with Crippen molar-refractivity contribution in [2.75, 3.05) is 13.2 Å². The van der Waals surface area contributed by atoms with Crippen molar-refractivity contribution in [2.45, 2.75) is 12.8 Å². The van der Waals surface area contributed by atoms with Gasteiger partial charge >= 0.3 is 5.97 Å². The van der Waals surface area contributed by atoms with E-state index in [2.05, 4.69) is 24.8 Å². The van der Waals surface area contributed by atoms with Gasteiger partial charge in [-0.3, -0.25) is 0 Å². The quantitative estimate of drug-likeness (QED) is 0.437. The van der Waals surface area contributed by atoms with Gasteiger partial charge < -0.3 is 9.47 Å². The molecule has 104 valence electrons. The summed E-state index contributed by atoms with van der Waals surface area (Å²) in [5, 5.41) is 2.29. The lowest BCUT2D eigenvalue weighted by Crippen LogP contribution is -2.04. The molecule has 0 fully saturated rings. The lowest BCUT2D eigenvalue weighted by molar-refractivity contribution is -0.137. The van der Waals surface area contributed by atoms with Crippen LogP contribution in [0.4, 0.5) is 0 Å². The zero-order chi connectivity index (χ0) is 14.2. The third-order valence-corrected chi connectivity index (χ3v) is 2.96. The highest BCUT2D eigenvalue weighted by molar-refractivity contribution is 5.88. The van der Waals surface area contributed by atoms with Crippen LogP contribution in [0.15, 0.2) is 55.1 Å². The molecular formula is C17H18O3. The van der Waals surface area contributed by atoms with E-state index >= 15 is 0 Å². The number of carbonyl (C=O) groups excluding carboxylic acids is 1. The van der Waals surface area contributed by atoms with Crippen LogP contribution in [0.2, 0.25) is 0 Å². The second kappa shape index (κ2) is 7.34. The van der Waals surface area contributed by atoms with Gasteiger partial charge in [0, 0.05) is 11.5 Å². The van der Waals surface area contributed by atoms with Gasteiger partial charge in [-0.2, -0.15) is 0 Å². The average Bonchev–Trinajstić information content (AvgIpc) is 2.50. The minimum atomic E-state index is -0.375. The Morgan fingerprint density at radius 1 is 1.05 bits per heavy atom. The summed E-state index contributed by atoms with van der Waals surface area (Å²) in [5.74, 6) is 0.520. The van der Waals surface area contributed by atoms with Crippen LogP contribution in [0.3, 0.4) is 0 Å². The molecule has 0 amide bonds. The standard InChI is InChI=1S/C17H18O3/c1-2-17(18)20-13-6-5-12-19-16-11-7-9-14-8-3-4-10-15(14)16/h2-4,7-11H,1,5-6,12-13H2. The Kier molecular flexibility index (Phi) is 5.18. The van der Waals surface area contributed by atoms with Crippen LogP contribution < -0.4 is 4.74 Å². The lowest BCUT2D eigenvalue weighted by Gasteiger charge is -2.09. The summed E-state index contributed by atoms with van der Waals surface area (Å²) in [6.07, 6.45) is 2.80. The fraction of sp³-hybridized carbons (Fsp3) is 0.235. The third kappa shape index (κ3) is 3.85. The second-order valence-electron chi connectivity index (χ2n) is 4.40. The van der Waals surface area contributed by atoms with Crippen LogP contribution in [0.1, 0.15) is 12.8 Å². The zero-order valence-corrected chi connectivity index (χ0v) is 11.4. The summed E-state index contributed by atoms with van der Waals surface area (Å²) in [6.45, 7) is 4.36. The van der Waals surface area contributed by atoms with Gasteiger partial charge in [-0.25, -0.2) is 4.79 Å². The van der Waals surface area contributed by atoms with Crippen molar-refractivity contribution in [3.63, 3.8) is 0 Å².